The van der Waals surface area contributed by atoms with Crippen molar-refractivity contribution in [1.29, 1.82) is 0 Å². The van der Waals surface area contributed by atoms with Gasteiger partial charge in [-0.05, 0) is 43.2 Å². The molecule has 1 atom stereocenters. The lowest BCUT2D eigenvalue weighted by atomic mass is 9.87. The molecule has 1 saturated heterocycles. The molecule has 25 heavy (non-hydrogen) atoms. The molecule has 130 valence electrons. The SMILES string of the molecule is O=C(c1cnccn1)N1CCC(NC2CCc3ccccc3C2)CC1. The second-order valence-electron chi connectivity index (χ2n) is 7.03. The number of rotatable bonds is 3. The summed E-state index contributed by atoms with van der Waals surface area (Å²) >= 11 is 0. The number of carbonyl (C=O) groups is 1. The minimum atomic E-state index is -0.00172. The number of carbonyl (C=O) groups excluding carboxylic acids is 1. The lowest BCUT2D eigenvalue weighted by Crippen LogP contribution is -2.49. The molecule has 1 aromatic carbocycles. The molecule has 1 aliphatic heterocycles. The maximum Gasteiger partial charge on any atom is 0.274 e. The minimum Gasteiger partial charge on any atom is -0.337 e. The number of likely N-dealkylation sites (tertiary alicyclic amines) is 1. The van der Waals surface area contributed by atoms with Crippen LogP contribution < -0.4 is 5.32 Å². The van der Waals surface area contributed by atoms with Crippen LogP contribution in [0, 0.1) is 0 Å². The molecule has 1 amide bonds. The number of fused-ring (bicyclic) bond motifs is 1. The third kappa shape index (κ3) is 3.71. The molecule has 1 fully saturated rings. The van der Waals surface area contributed by atoms with E-state index in [0.29, 0.717) is 17.8 Å². The Morgan fingerprint density at radius 1 is 1.04 bits per heavy atom. The topological polar surface area (TPSA) is 58.1 Å². The number of nitrogens with zero attached hydrogens (tertiary/aromatic N) is 3. The third-order valence-corrected chi connectivity index (χ3v) is 5.38. The number of amides is 1. The zero-order valence-electron chi connectivity index (χ0n) is 14.4. The second kappa shape index (κ2) is 7.31. The zero-order chi connectivity index (χ0) is 17.1. The normalized spacial score (nSPS) is 21.0. The van der Waals surface area contributed by atoms with Crippen LogP contribution in [0.25, 0.3) is 0 Å². The fraction of sp³-hybridized carbons (Fsp3) is 0.450. The fourth-order valence-corrected chi connectivity index (χ4v) is 3.99. The average molecular weight is 336 g/mol. The molecule has 2 aromatic rings. The summed E-state index contributed by atoms with van der Waals surface area (Å²) in [5.41, 5.74) is 3.43. The highest BCUT2D eigenvalue weighted by atomic mass is 16.2. The summed E-state index contributed by atoms with van der Waals surface area (Å²) in [4.78, 5) is 22.4. The van der Waals surface area contributed by atoms with Gasteiger partial charge in [-0.2, -0.15) is 0 Å². The molecular weight excluding hydrogens is 312 g/mol. The molecule has 4 rings (SSSR count). The number of benzene rings is 1. The molecule has 2 heterocycles. The molecule has 5 nitrogen and oxygen atoms in total. The van der Waals surface area contributed by atoms with Gasteiger partial charge < -0.3 is 10.2 Å². The van der Waals surface area contributed by atoms with Gasteiger partial charge in [0.15, 0.2) is 0 Å². The van der Waals surface area contributed by atoms with Crippen molar-refractivity contribution < 1.29 is 4.79 Å². The van der Waals surface area contributed by atoms with Gasteiger partial charge in [-0.3, -0.25) is 9.78 Å². The summed E-state index contributed by atoms with van der Waals surface area (Å²) < 4.78 is 0. The average Bonchev–Trinajstić information content (AvgIpc) is 2.69. The monoisotopic (exact) mass is 336 g/mol. The number of aryl methyl sites for hydroxylation is 1. The molecular formula is C20H24N4O. The summed E-state index contributed by atoms with van der Waals surface area (Å²) in [6.45, 7) is 1.58. The lowest BCUT2D eigenvalue weighted by molar-refractivity contribution is 0.0694. The standard InChI is InChI=1S/C20H24N4O/c25-20(19-14-21-9-10-22-19)24-11-7-17(8-12-24)23-18-6-5-15-3-1-2-4-16(15)13-18/h1-4,9-10,14,17-18,23H,5-8,11-13H2. The van der Waals surface area contributed by atoms with Crippen LogP contribution in [0.4, 0.5) is 0 Å². The summed E-state index contributed by atoms with van der Waals surface area (Å²) in [6, 6.07) is 9.84. The first-order valence-electron chi connectivity index (χ1n) is 9.18. The van der Waals surface area contributed by atoms with Crippen LogP contribution in [0.15, 0.2) is 42.9 Å². The van der Waals surface area contributed by atoms with Crippen LogP contribution in [0.3, 0.4) is 0 Å². The maximum absolute atomic E-state index is 12.4. The van der Waals surface area contributed by atoms with E-state index in [9.17, 15) is 4.79 Å². The Morgan fingerprint density at radius 2 is 1.84 bits per heavy atom. The Balaban J connectivity index is 1.29. The van der Waals surface area contributed by atoms with Gasteiger partial charge in [0.25, 0.3) is 5.91 Å². The highest BCUT2D eigenvalue weighted by Gasteiger charge is 2.27. The van der Waals surface area contributed by atoms with Crippen molar-refractivity contribution in [1.82, 2.24) is 20.2 Å². The van der Waals surface area contributed by atoms with Crippen LogP contribution in [0.1, 0.15) is 40.9 Å². The number of hydrogen-bond donors (Lipinski definition) is 1. The van der Waals surface area contributed by atoms with Crippen molar-refractivity contribution in [2.45, 2.75) is 44.2 Å². The molecule has 1 unspecified atom stereocenters. The first kappa shape index (κ1) is 16.2. The molecule has 0 bridgehead atoms. The van der Waals surface area contributed by atoms with E-state index in [1.54, 1.807) is 18.6 Å². The van der Waals surface area contributed by atoms with Crippen molar-refractivity contribution in [3.8, 4) is 0 Å². The Morgan fingerprint density at radius 3 is 2.60 bits per heavy atom. The molecule has 0 spiro atoms. The smallest absolute Gasteiger partial charge is 0.274 e. The third-order valence-electron chi connectivity index (χ3n) is 5.38. The van der Waals surface area contributed by atoms with E-state index in [1.807, 2.05) is 4.90 Å². The first-order chi connectivity index (χ1) is 12.3. The second-order valence-corrected chi connectivity index (χ2v) is 7.03. The van der Waals surface area contributed by atoms with Crippen molar-refractivity contribution in [2.75, 3.05) is 13.1 Å². The molecule has 2 aliphatic rings. The Bertz CT molecular complexity index is 725. The van der Waals surface area contributed by atoms with Crippen LogP contribution in [-0.4, -0.2) is 45.9 Å². The van der Waals surface area contributed by atoms with Crippen molar-refractivity contribution >= 4 is 5.91 Å². The lowest BCUT2D eigenvalue weighted by Gasteiger charge is -2.35. The number of aromatic nitrogens is 2. The molecule has 0 radical (unpaired) electrons. The maximum atomic E-state index is 12.4. The highest BCUT2D eigenvalue weighted by molar-refractivity contribution is 5.92. The summed E-state index contributed by atoms with van der Waals surface area (Å²) in [7, 11) is 0. The van der Waals surface area contributed by atoms with Crippen molar-refractivity contribution in [3.63, 3.8) is 0 Å². The van der Waals surface area contributed by atoms with E-state index in [0.717, 1.165) is 38.8 Å². The largest absolute Gasteiger partial charge is 0.337 e. The molecule has 1 N–H and O–H groups in total. The van der Waals surface area contributed by atoms with Crippen LogP contribution in [0.5, 0.6) is 0 Å². The summed E-state index contributed by atoms with van der Waals surface area (Å²) in [5, 5.41) is 3.83. The van der Waals surface area contributed by atoms with Gasteiger partial charge in [-0.15, -0.1) is 0 Å². The van der Waals surface area contributed by atoms with Gasteiger partial charge in [0.2, 0.25) is 0 Å². The van der Waals surface area contributed by atoms with Gasteiger partial charge in [-0.1, -0.05) is 24.3 Å². The quantitative estimate of drug-likeness (QED) is 0.934. The van der Waals surface area contributed by atoms with Crippen molar-refractivity contribution in [2.24, 2.45) is 0 Å². The number of piperidine rings is 1. The van der Waals surface area contributed by atoms with E-state index in [4.69, 9.17) is 0 Å². The molecule has 0 saturated carbocycles. The molecule has 1 aromatic heterocycles. The number of nitrogens with one attached hydrogen (secondary N) is 1. The summed E-state index contributed by atoms with van der Waals surface area (Å²) in [6.07, 6.45) is 10.2. The zero-order valence-corrected chi connectivity index (χ0v) is 14.4. The predicted molar refractivity (Wildman–Crippen MR) is 96.3 cm³/mol. The van der Waals surface area contributed by atoms with Gasteiger partial charge >= 0.3 is 0 Å². The molecule has 1 aliphatic carbocycles. The van der Waals surface area contributed by atoms with E-state index in [1.165, 1.54) is 17.5 Å². The van der Waals surface area contributed by atoms with Crippen LogP contribution in [-0.2, 0) is 12.8 Å². The fourth-order valence-electron chi connectivity index (χ4n) is 3.99. The summed E-state index contributed by atoms with van der Waals surface area (Å²) in [5.74, 6) is -0.00172. The highest BCUT2D eigenvalue weighted by Crippen LogP contribution is 2.22. The Labute approximate surface area is 148 Å². The van der Waals surface area contributed by atoms with E-state index < -0.39 is 0 Å². The van der Waals surface area contributed by atoms with Gasteiger partial charge in [0.05, 0.1) is 6.20 Å². The van der Waals surface area contributed by atoms with E-state index in [2.05, 4.69) is 39.6 Å². The minimum absolute atomic E-state index is 0.00172. The Kier molecular flexibility index (Phi) is 4.74. The van der Waals surface area contributed by atoms with E-state index in [-0.39, 0.29) is 5.91 Å². The van der Waals surface area contributed by atoms with Crippen molar-refractivity contribution in [3.05, 3.63) is 59.7 Å². The van der Waals surface area contributed by atoms with Crippen LogP contribution in [0.2, 0.25) is 0 Å². The number of hydrogen-bond acceptors (Lipinski definition) is 4. The van der Waals surface area contributed by atoms with E-state index >= 15 is 0 Å². The van der Waals surface area contributed by atoms with Gasteiger partial charge in [0.1, 0.15) is 5.69 Å². The first-order valence-corrected chi connectivity index (χ1v) is 9.18. The van der Waals surface area contributed by atoms with Gasteiger partial charge in [-0.25, -0.2) is 4.98 Å². The van der Waals surface area contributed by atoms with Gasteiger partial charge in [0, 0.05) is 37.6 Å². The van der Waals surface area contributed by atoms with Crippen LogP contribution >= 0.6 is 0 Å². The predicted octanol–water partition coefficient (Wildman–Crippen LogP) is 2.23. The Hall–Kier alpha value is -2.27. The molecule has 5 heteroatoms.